The third-order valence-corrected chi connectivity index (χ3v) is 5.11. The van der Waals surface area contributed by atoms with Crippen LogP contribution in [0.2, 0.25) is 0 Å². The first-order valence-corrected chi connectivity index (χ1v) is 9.29. The van der Waals surface area contributed by atoms with E-state index in [4.69, 9.17) is 5.26 Å². The molecule has 124 valence electrons. The third-order valence-electron chi connectivity index (χ3n) is 4.39. The van der Waals surface area contributed by atoms with Crippen molar-refractivity contribution in [3.63, 3.8) is 0 Å². The molecule has 0 atom stereocenters. The van der Waals surface area contributed by atoms with E-state index >= 15 is 0 Å². The molecule has 1 aliphatic carbocycles. The zero-order valence-corrected chi connectivity index (χ0v) is 14.5. The van der Waals surface area contributed by atoms with E-state index in [-0.39, 0.29) is 5.56 Å². The van der Waals surface area contributed by atoms with Gasteiger partial charge in [0.2, 0.25) is 0 Å². The fourth-order valence-electron chi connectivity index (χ4n) is 2.90. The lowest BCUT2D eigenvalue weighted by atomic mass is 10.0. The van der Waals surface area contributed by atoms with Gasteiger partial charge < -0.3 is 0 Å². The van der Waals surface area contributed by atoms with Crippen molar-refractivity contribution in [3.8, 4) is 23.0 Å². The van der Waals surface area contributed by atoms with Gasteiger partial charge in [-0.3, -0.25) is 9.89 Å². The number of pyridine rings is 1. The van der Waals surface area contributed by atoms with Gasteiger partial charge in [-0.25, -0.2) is 9.67 Å². The Hall–Kier alpha value is -2.78. The fraction of sp³-hybridized carbons (Fsp3) is 0.211. The van der Waals surface area contributed by atoms with Crippen LogP contribution in [0.25, 0.3) is 16.9 Å². The van der Waals surface area contributed by atoms with Crippen LogP contribution in [-0.2, 0) is 0 Å². The first kappa shape index (κ1) is 15.7. The van der Waals surface area contributed by atoms with Crippen molar-refractivity contribution < 1.29 is 0 Å². The highest BCUT2D eigenvalue weighted by Gasteiger charge is 2.31. The van der Waals surface area contributed by atoms with E-state index in [2.05, 4.69) is 16.2 Å². The monoisotopic (exact) mass is 348 g/mol. The lowest BCUT2D eigenvalue weighted by Crippen LogP contribution is -2.16. The second-order valence-corrected chi connectivity index (χ2v) is 6.94. The highest BCUT2D eigenvalue weighted by Crippen LogP contribution is 2.42. The first-order chi connectivity index (χ1) is 12.2. The van der Waals surface area contributed by atoms with Gasteiger partial charge in [-0.2, -0.15) is 5.26 Å². The summed E-state index contributed by atoms with van der Waals surface area (Å²) in [7, 11) is 0. The molecule has 1 aliphatic rings. The molecule has 6 heteroatoms. The summed E-state index contributed by atoms with van der Waals surface area (Å²) in [5.74, 6) is 0.981. The molecular formula is C19H16N4OS. The third kappa shape index (κ3) is 2.87. The van der Waals surface area contributed by atoms with Crippen LogP contribution in [0, 0.1) is 11.3 Å². The number of thioether (sulfide) groups is 1. The molecule has 0 bridgehead atoms. The van der Waals surface area contributed by atoms with Crippen molar-refractivity contribution in [2.75, 3.05) is 6.26 Å². The Labute approximate surface area is 149 Å². The number of benzene rings is 1. The maximum Gasteiger partial charge on any atom is 0.280 e. The molecule has 0 unspecified atom stereocenters. The van der Waals surface area contributed by atoms with E-state index in [0.29, 0.717) is 22.9 Å². The number of aromatic amines is 1. The van der Waals surface area contributed by atoms with E-state index in [1.165, 1.54) is 4.68 Å². The molecule has 1 aromatic carbocycles. The molecular weight excluding hydrogens is 332 g/mol. The second kappa shape index (κ2) is 6.26. The van der Waals surface area contributed by atoms with E-state index in [1.54, 1.807) is 30.1 Å². The maximum atomic E-state index is 13.1. The normalized spacial score (nSPS) is 13.6. The summed E-state index contributed by atoms with van der Waals surface area (Å²) in [6.07, 6.45) is 5.93. The Morgan fingerprint density at radius 3 is 2.56 bits per heavy atom. The van der Waals surface area contributed by atoms with Crippen LogP contribution in [0.15, 0.2) is 52.3 Å². The van der Waals surface area contributed by atoms with Gasteiger partial charge in [-0.05, 0) is 48.9 Å². The maximum absolute atomic E-state index is 13.1. The lowest BCUT2D eigenvalue weighted by molar-refractivity contribution is 0.789. The van der Waals surface area contributed by atoms with Crippen LogP contribution in [0.1, 0.15) is 30.0 Å². The summed E-state index contributed by atoms with van der Waals surface area (Å²) in [6.45, 7) is 0. The predicted molar refractivity (Wildman–Crippen MR) is 98.1 cm³/mol. The Balaban J connectivity index is 1.84. The average Bonchev–Trinajstić information content (AvgIpc) is 3.45. The Kier molecular flexibility index (Phi) is 3.94. The Morgan fingerprint density at radius 1 is 1.24 bits per heavy atom. The average molecular weight is 348 g/mol. The molecule has 25 heavy (non-hydrogen) atoms. The Bertz CT molecular complexity index is 1010. The van der Waals surface area contributed by atoms with Gasteiger partial charge in [0.1, 0.15) is 0 Å². The minimum Gasteiger partial charge on any atom is -0.293 e. The molecule has 1 fully saturated rings. The van der Waals surface area contributed by atoms with Gasteiger partial charge >= 0.3 is 0 Å². The number of hydrogen-bond donors (Lipinski definition) is 1. The van der Waals surface area contributed by atoms with Crippen molar-refractivity contribution in [1.82, 2.24) is 14.8 Å². The van der Waals surface area contributed by atoms with Crippen LogP contribution >= 0.6 is 11.8 Å². The number of nitriles is 1. The number of aromatic nitrogens is 3. The lowest BCUT2D eigenvalue weighted by Gasteiger charge is -2.01. The minimum atomic E-state index is -0.101. The molecule has 2 aromatic heterocycles. The van der Waals surface area contributed by atoms with Gasteiger partial charge in [0.25, 0.3) is 5.56 Å². The molecule has 1 saturated carbocycles. The van der Waals surface area contributed by atoms with Crippen molar-refractivity contribution in [1.29, 1.82) is 5.26 Å². The smallest absolute Gasteiger partial charge is 0.280 e. The Morgan fingerprint density at radius 2 is 2.00 bits per heavy atom. The molecule has 0 aliphatic heterocycles. The number of H-pyrrole nitrogens is 1. The molecule has 2 heterocycles. The van der Waals surface area contributed by atoms with Crippen molar-refractivity contribution >= 4 is 11.8 Å². The molecule has 3 aromatic rings. The van der Waals surface area contributed by atoms with E-state index in [0.717, 1.165) is 29.0 Å². The highest BCUT2D eigenvalue weighted by atomic mass is 32.2. The van der Waals surface area contributed by atoms with Crippen LogP contribution in [-0.4, -0.2) is 21.0 Å². The highest BCUT2D eigenvalue weighted by molar-refractivity contribution is 7.98. The number of rotatable bonds is 4. The second-order valence-electron chi connectivity index (χ2n) is 6.06. The van der Waals surface area contributed by atoms with Crippen molar-refractivity contribution in [2.24, 2.45) is 0 Å². The minimum absolute atomic E-state index is 0.101. The van der Waals surface area contributed by atoms with Gasteiger partial charge in [-0.1, -0.05) is 12.1 Å². The predicted octanol–water partition coefficient (Wildman–Crippen LogP) is 3.70. The molecule has 5 nitrogen and oxygen atoms in total. The summed E-state index contributed by atoms with van der Waals surface area (Å²) < 4.78 is 1.52. The van der Waals surface area contributed by atoms with Gasteiger partial charge in [0.15, 0.2) is 5.82 Å². The number of nitrogens with zero attached hydrogens (tertiary/aromatic N) is 3. The summed E-state index contributed by atoms with van der Waals surface area (Å²) in [5, 5.41) is 12.2. The molecule has 0 radical (unpaired) electrons. The van der Waals surface area contributed by atoms with Gasteiger partial charge in [0.05, 0.1) is 17.2 Å². The summed E-state index contributed by atoms with van der Waals surface area (Å²) in [4.78, 5) is 18.5. The molecule has 4 rings (SSSR count). The first-order valence-electron chi connectivity index (χ1n) is 8.07. The van der Waals surface area contributed by atoms with E-state index < -0.39 is 0 Å². The largest absolute Gasteiger partial charge is 0.293 e. The molecule has 1 N–H and O–H groups in total. The van der Waals surface area contributed by atoms with Gasteiger partial charge in [0, 0.05) is 22.7 Å². The zero-order chi connectivity index (χ0) is 17.4. The van der Waals surface area contributed by atoms with Crippen molar-refractivity contribution in [2.45, 2.75) is 23.7 Å². The molecule has 0 amide bonds. The molecule has 0 saturated heterocycles. The molecule has 0 spiro atoms. The van der Waals surface area contributed by atoms with E-state index in [9.17, 15) is 4.79 Å². The quantitative estimate of drug-likeness (QED) is 0.730. The van der Waals surface area contributed by atoms with Crippen LogP contribution < -0.4 is 5.56 Å². The van der Waals surface area contributed by atoms with Crippen LogP contribution in [0.3, 0.4) is 0 Å². The summed E-state index contributed by atoms with van der Waals surface area (Å²) >= 11 is 1.61. The topological polar surface area (TPSA) is 74.5 Å². The SMILES string of the molecule is CSc1ccc(-n2[nH]c(C3CC3)c(-c3ccc(C#N)cc3)c2=O)nc1. The standard InChI is InChI=1S/C19H16N4OS/c1-25-15-8-9-16(21-11-15)23-19(24)17(18(22-23)14-6-7-14)13-4-2-12(10-20)3-5-13/h2-5,8-9,11,14,22H,6-7H2,1H3. The van der Waals surface area contributed by atoms with Crippen LogP contribution in [0.4, 0.5) is 0 Å². The number of nitrogens with one attached hydrogen (secondary N) is 1. The van der Waals surface area contributed by atoms with Crippen molar-refractivity contribution in [3.05, 3.63) is 64.2 Å². The fourth-order valence-corrected chi connectivity index (χ4v) is 3.26. The van der Waals surface area contributed by atoms with Crippen LogP contribution in [0.5, 0.6) is 0 Å². The summed E-state index contributed by atoms with van der Waals surface area (Å²) in [6, 6.07) is 13.1. The summed E-state index contributed by atoms with van der Waals surface area (Å²) in [5.41, 5.74) is 2.97. The van der Waals surface area contributed by atoms with E-state index in [1.807, 2.05) is 30.5 Å². The number of hydrogen-bond acceptors (Lipinski definition) is 4. The van der Waals surface area contributed by atoms with Gasteiger partial charge in [-0.15, -0.1) is 11.8 Å². The zero-order valence-electron chi connectivity index (χ0n) is 13.7.